The summed E-state index contributed by atoms with van der Waals surface area (Å²) in [6, 6.07) is 0. The summed E-state index contributed by atoms with van der Waals surface area (Å²) in [7, 11) is 0. The van der Waals surface area contributed by atoms with Gasteiger partial charge in [-0.2, -0.15) is 0 Å². The molecule has 0 radical (unpaired) electrons. The van der Waals surface area contributed by atoms with Gasteiger partial charge in [0.25, 0.3) is 0 Å². The van der Waals surface area contributed by atoms with Gasteiger partial charge in [-0.25, -0.2) is 0 Å². The van der Waals surface area contributed by atoms with Crippen molar-refractivity contribution in [2.45, 2.75) is 84.0 Å². The predicted molar refractivity (Wildman–Crippen MR) is 77.5 cm³/mol. The summed E-state index contributed by atoms with van der Waals surface area (Å²) in [6.07, 6.45) is 17.5. The molecule has 1 saturated heterocycles. The molecule has 1 heteroatoms. The van der Waals surface area contributed by atoms with Crippen LogP contribution in [0.2, 0.25) is 0 Å². The molecular formula is C16H33N. The van der Waals surface area contributed by atoms with Crippen LogP contribution in [0.25, 0.3) is 0 Å². The third-order valence-electron chi connectivity index (χ3n) is 4.03. The highest BCUT2D eigenvalue weighted by atomic mass is 15.2. The van der Waals surface area contributed by atoms with Crippen LogP contribution in [0.4, 0.5) is 0 Å². The molecule has 1 nitrogen and oxygen atoms in total. The molecule has 1 fully saturated rings. The lowest BCUT2D eigenvalue weighted by atomic mass is 10.1. The van der Waals surface area contributed by atoms with Gasteiger partial charge in [-0.15, -0.1) is 0 Å². The Balaban J connectivity index is 1.64. The smallest absolute Gasteiger partial charge is 0.000654 e. The molecule has 102 valence electrons. The molecule has 0 saturated carbocycles. The van der Waals surface area contributed by atoms with E-state index in [1.54, 1.807) is 0 Å². The number of unbranched alkanes of at least 4 members (excludes halogenated alkanes) is 10. The van der Waals surface area contributed by atoms with Crippen molar-refractivity contribution in [3.8, 4) is 0 Å². The van der Waals surface area contributed by atoms with Crippen molar-refractivity contribution in [1.29, 1.82) is 0 Å². The first-order valence-corrected chi connectivity index (χ1v) is 8.16. The van der Waals surface area contributed by atoms with Gasteiger partial charge >= 0.3 is 0 Å². The van der Waals surface area contributed by atoms with Crippen molar-refractivity contribution in [2.24, 2.45) is 0 Å². The van der Waals surface area contributed by atoms with E-state index in [1.807, 2.05) is 0 Å². The van der Waals surface area contributed by atoms with E-state index >= 15 is 0 Å². The van der Waals surface area contributed by atoms with Crippen LogP contribution in [0.1, 0.15) is 84.0 Å². The Kier molecular flexibility index (Phi) is 9.78. The Hall–Kier alpha value is -0.0400. The highest BCUT2D eigenvalue weighted by molar-refractivity contribution is 4.67. The van der Waals surface area contributed by atoms with Gasteiger partial charge in [-0.05, 0) is 32.5 Å². The van der Waals surface area contributed by atoms with E-state index in [0.29, 0.717) is 0 Å². The molecule has 1 aliphatic rings. The standard InChI is InChI=1S/C16H33N/c1-2-3-4-5-6-7-8-9-10-11-12-14-17-15-13-16-17/h2-16H2,1H3. The summed E-state index contributed by atoms with van der Waals surface area (Å²) in [5.41, 5.74) is 0. The van der Waals surface area contributed by atoms with Gasteiger partial charge < -0.3 is 4.90 Å². The number of rotatable bonds is 12. The molecule has 0 aromatic heterocycles. The summed E-state index contributed by atoms with van der Waals surface area (Å²) >= 11 is 0. The Morgan fingerprint density at radius 1 is 0.647 bits per heavy atom. The van der Waals surface area contributed by atoms with Crippen molar-refractivity contribution >= 4 is 0 Å². The molecule has 0 spiro atoms. The van der Waals surface area contributed by atoms with Gasteiger partial charge in [-0.1, -0.05) is 71.1 Å². The maximum absolute atomic E-state index is 2.59. The van der Waals surface area contributed by atoms with E-state index in [2.05, 4.69) is 11.8 Å². The van der Waals surface area contributed by atoms with Crippen LogP contribution in [-0.2, 0) is 0 Å². The quantitative estimate of drug-likeness (QED) is 0.433. The van der Waals surface area contributed by atoms with Crippen LogP contribution < -0.4 is 0 Å². The average molecular weight is 239 g/mol. The molecule has 1 heterocycles. The van der Waals surface area contributed by atoms with Gasteiger partial charge in [0.1, 0.15) is 0 Å². The first-order valence-electron chi connectivity index (χ1n) is 8.16. The van der Waals surface area contributed by atoms with Crippen LogP contribution in [-0.4, -0.2) is 24.5 Å². The molecule has 17 heavy (non-hydrogen) atoms. The summed E-state index contributed by atoms with van der Waals surface area (Å²) in [6.45, 7) is 6.41. The van der Waals surface area contributed by atoms with Crippen molar-refractivity contribution < 1.29 is 0 Å². The SMILES string of the molecule is CCCCCCCCCCCCCN1CCC1. The Morgan fingerprint density at radius 2 is 1.12 bits per heavy atom. The molecular weight excluding hydrogens is 206 g/mol. The lowest BCUT2D eigenvalue weighted by Crippen LogP contribution is -2.37. The second-order valence-electron chi connectivity index (χ2n) is 5.73. The minimum atomic E-state index is 1.37. The molecule has 0 N–H and O–H groups in total. The van der Waals surface area contributed by atoms with E-state index < -0.39 is 0 Å². The first kappa shape index (κ1) is 15.0. The lowest BCUT2D eigenvalue weighted by Gasteiger charge is -2.30. The molecule has 0 unspecified atom stereocenters. The average Bonchev–Trinajstić information content (AvgIpc) is 2.28. The third kappa shape index (κ3) is 8.65. The second kappa shape index (κ2) is 11.1. The number of nitrogens with zero attached hydrogens (tertiary/aromatic N) is 1. The van der Waals surface area contributed by atoms with Gasteiger partial charge in [0.2, 0.25) is 0 Å². The van der Waals surface area contributed by atoms with E-state index in [9.17, 15) is 0 Å². The molecule has 0 bridgehead atoms. The molecule has 1 rings (SSSR count). The van der Waals surface area contributed by atoms with Gasteiger partial charge in [0.05, 0.1) is 0 Å². The Morgan fingerprint density at radius 3 is 1.53 bits per heavy atom. The van der Waals surface area contributed by atoms with E-state index in [0.717, 1.165) is 0 Å². The highest BCUT2D eigenvalue weighted by Gasteiger charge is 2.11. The molecule has 0 amide bonds. The van der Waals surface area contributed by atoms with E-state index in [4.69, 9.17) is 0 Å². The highest BCUT2D eigenvalue weighted by Crippen LogP contribution is 2.12. The zero-order valence-electron chi connectivity index (χ0n) is 12.1. The zero-order chi connectivity index (χ0) is 12.2. The number of hydrogen-bond donors (Lipinski definition) is 0. The molecule has 0 aromatic carbocycles. The van der Waals surface area contributed by atoms with Crippen LogP contribution >= 0.6 is 0 Å². The molecule has 0 atom stereocenters. The van der Waals surface area contributed by atoms with Crippen molar-refractivity contribution in [1.82, 2.24) is 4.90 Å². The molecule has 0 aromatic rings. The van der Waals surface area contributed by atoms with E-state index in [-0.39, 0.29) is 0 Å². The maximum Gasteiger partial charge on any atom is -0.000654 e. The Labute approximate surface area is 109 Å². The van der Waals surface area contributed by atoms with Crippen LogP contribution in [0.3, 0.4) is 0 Å². The summed E-state index contributed by atoms with van der Waals surface area (Å²) in [4.78, 5) is 2.59. The van der Waals surface area contributed by atoms with Crippen molar-refractivity contribution in [3.63, 3.8) is 0 Å². The second-order valence-corrected chi connectivity index (χ2v) is 5.73. The third-order valence-corrected chi connectivity index (χ3v) is 4.03. The van der Waals surface area contributed by atoms with E-state index in [1.165, 1.54) is 96.7 Å². The van der Waals surface area contributed by atoms with Crippen molar-refractivity contribution in [2.75, 3.05) is 19.6 Å². The van der Waals surface area contributed by atoms with Crippen LogP contribution in [0, 0.1) is 0 Å². The zero-order valence-corrected chi connectivity index (χ0v) is 12.1. The topological polar surface area (TPSA) is 3.24 Å². The fourth-order valence-electron chi connectivity index (χ4n) is 2.60. The Bertz CT molecular complexity index is 152. The van der Waals surface area contributed by atoms with Crippen LogP contribution in [0.15, 0.2) is 0 Å². The number of hydrogen-bond acceptors (Lipinski definition) is 1. The minimum absolute atomic E-state index is 1.37. The van der Waals surface area contributed by atoms with Gasteiger partial charge in [-0.3, -0.25) is 0 Å². The number of likely N-dealkylation sites (tertiary alicyclic amines) is 1. The fourth-order valence-corrected chi connectivity index (χ4v) is 2.60. The predicted octanol–water partition coefficient (Wildman–Crippen LogP) is 5.00. The summed E-state index contributed by atoms with van der Waals surface area (Å²) < 4.78 is 0. The first-order chi connectivity index (χ1) is 8.43. The minimum Gasteiger partial charge on any atom is -0.303 e. The van der Waals surface area contributed by atoms with Gasteiger partial charge in [0.15, 0.2) is 0 Å². The van der Waals surface area contributed by atoms with Crippen LogP contribution in [0.5, 0.6) is 0 Å². The largest absolute Gasteiger partial charge is 0.303 e. The lowest BCUT2D eigenvalue weighted by molar-refractivity contribution is 0.177. The molecule has 0 aliphatic carbocycles. The normalized spacial score (nSPS) is 16.1. The summed E-state index contributed by atoms with van der Waals surface area (Å²) in [5, 5.41) is 0. The summed E-state index contributed by atoms with van der Waals surface area (Å²) in [5.74, 6) is 0. The van der Waals surface area contributed by atoms with Gasteiger partial charge in [0, 0.05) is 0 Å². The monoisotopic (exact) mass is 239 g/mol. The van der Waals surface area contributed by atoms with Crippen molar-refractivity contribution in [3.05, 3.63) is 0 Å². The molecule has 1 aliphatic heterocycles. The fraction of sp³-hybridized carbons (Fsp3) is 1.00. The maximum atomic E-state index is 2.59.